The summed E-state index contributed by atoms with van der Waals surface area (Å²) in [5.74, 6) is 0.760. The minimum atomic E-state index is 0.0519. The molecule has 0 saturated carbocycles. The molecule has 0 heterocycles. The predicted octanol–water partition coefficient (Wildman–Crippen LogP) is 1.93. The molecule has 1 rings (SSSR count). The zero-order valence-electron chi connectivity index (χ0n) is 8.63. The molecule has 0 saturated heterocycles. The quantitative estimate of drug-likeness (QED) is 0.565. The van der Waals surface area contributed by atoms with Gasteiger partial charge in [-0.25, -0.2) is 0 Å². The van der Waals surface area contributed by atoms with Crippen molar-refractivity contribution in [3.05, 3.63) is 29.3 Å². The molecule has 3 N–H and O–H groups in total. The molecule has 3 nitrogen and oxygen atoms in total. The van der Waals surface area contributed by atoms with E-state index in [1.54, 1.807) is 0 Å². The van der Waals surface area contributed by atoms with Gasteiger partial charge in [-0.15, -0.1) is 0 Å². The van der Waals surface area contributed by atoms with Gasteiger partial charge in [0.2, 0.25) is 0 Å². The first-order chi connectivity index (χ1) is 6.69. The number of aryl methyl sites for hydroxylation is 1. The zero-order chi connectivity index (χ0) is 10.6. The van der Waals surface area contributed by atoms with Crippen molar-refractivity contribution in [3.8, 4) is 5.75 Å². The number of nitrogens with two attached hydrogens (primary N) is 1. The van der Waals surface area contributed by atoms with E-state index in [1.165, 1.54) is 5.56 Å². The van der Waals surface area contributed by atoms with Crippen LogP contribution in [0, 0.1) is 5.41 Å². The van der Waals surface area contributed by atoms with Crippen molar-refractivity contribution >= 4 is 5.84 Å². The molecular weight excluding hydrogens is 176 g/mol. The summed E-state index contributed by atoms with van der Waals surface area (Å²) in [7, 11) is 0. The van der Waals surface area contributed by atoms with Crippen LogP contribution in [0.5, 0.6) is 5.75 Å². The number of nitrogen functional groups attached to an aromatic ring is 1. The Bertz CT molecular complexity index is 334. The van der Waals surface area contributed by atoms with Crippen LogP contribution >= 0.6 is 0 Å². The first-order valence-corrected chi connectivity index (χ1v) is 4.79. The Morgan fingerprint density at radius 2 is 2.14 bits per heavy atom. The van der Waals surface area contributed by atoms with Gasteiger partial charge < -0.3 is 10.5 Å². The van der Waals surface area contributed by atoms with Crippen LogP contribution in [0.1, 0.15) is 25.0 Å². The highest BCUT2D eigenvalue weighted by Gasteiger charge is 2.06. The Balaban J connectivity index is 3.10. The highest BCUT2D eigenvalue weighted by atomic mass is 16.5. The molecule has 0 aromatic heterocycles. The molecule has 0 unspecified atom stereocenters. The van der Waals surface area contributed by atoms with E-state index < -0.39 is 0 Å². The Morgan fingerprint density at radius 3 is 2.64 bits per heavy atom. The lowest BCUT2D eigenvalue weighted by atomic mass is 10.1. The Morgan fingerprint density at radius 1 is 1.43 bits per heavy atom. The zero-order valence-corrected chi connectivity index (χ0v) is 8.63. The summed E-state index contributed by atoms with van der Waals surface area (Å²) < 4.78 is 5.42. The van der Waals surface area contributed by atoms with E-state index in [0.717, 1.165) is 6.42 Å². The maximum atomic E-state index is 7.38. The highest BCUT2D eigenvalue weighted by molar-refractivity contribution is 5.97. The van der Waals surface area contributed by atoms with E-state index in [4.69, 9.17) is 15.9 Å². The van der Waals surface area contributed by atoms with Gasteiger partial charge in [-0.05, 0) is 31.0 Å². The van der Waals surface area contributed by atoms with Gasteiger partial charge >= 0.3 is 0 Å². The third-order valence-corrected chi connectivity index (χ3v) is 2.04. The maximum Gasteiger partial charge on any atom is 0.130 e. The first-order valence-electron chi connectivity index (χ1n) is 4.79. The van der Waals surface area contributed by atoms with Crippen LogP contribution in [0.15, 0.2) is 18.2 Å². The largest absolute Gasteiger partial charge is 0.493 e. The summed E-state index contributed by atoms with van der Waals surface area (Å²) in [6.07, 6.45) is 0.957. The van der Waals surface area contributed by atoms with E-state index in [0.29, 0.717) is 17.9 Å². The minimum absolute atomic E-state index is 0.0519. The van der Waals surface area contributed by atoms with Gasteiger partial charge in [-0.2, -0.15) is 0 Å². The van der Waals surface area contributed by atoms with Crippen LogP contribution in [0.2, 0.25) is 0 Å². The number of rotatable bonds is 4. The second kappa shape index (κ2) is 4.65. The summed E-state index contributed by atoms with van der Waals surface area (Å²) in [6.45, 7) is 4.59. The fraction of sp³-hybridized carbons (Fsp3) is 0.364. The molecule has 0 amide bonds. The van der Waals surface area contributed by atoms with Crippen LogP contribution in [0.25, 0.3) is 0 Å². The molecule has 0 radical (unpaired) electrons. The number of ether oxygens (including phenoxy) is 1. The predicted molar refractivity (Wildman–Crippen MR) is 58.0 cm³/mol. The van der Waals surface area contributed by atoms with Gasteiger partial charge in [0, 0.05) is 0 Å². The summed E-state index contributed by atoms with van der Waals surface area (Å²) in [5.41, 5.74) is 7.30. The number of hydrogen-bond acceptors (Lipinski definition) is 2. The van der Waals surface area contributed by atoms with Gasteiger partial charge in [0.25, 0.3) is 0 Å². The summed E-state index contributed by atoms with van der Waals surface area (Å²) in [6, 6.07) is 5.76. The van der Waals surface area contributed by atoms with Crippen LogP contribution in [-0.2, 0) is 6.42 Å². The van der Waals surface area contributed by atoms with Crippen molar-refractivity contribution < 1.29 is 4.74 Å². The molecule has 0 bridgehead atoms. The minimum Gasteiger partial charge on any atom is -0.493 e. The Kier molecular flexibility index (Phi) is 3.51. The molecule has 0 fully saturated rings. The summed E-state index contributed by atoms with van der Waals surface area (Å²) in [4.78, 5) is 0. The SMILES string of the molecule is CCOc1cc(CC)ccc1C(=N)N. The van der Waals surface area contributed by atoms with Crippen molar-refractivity contribution in [3.63, 3.8) is 0 Å². The molecule has 76 valence electrons. The fourth-order valence-electron chi connectivity index (χ4n) is 1.28. The van der Waals surface area contributed by atoms with Crippen molar-refractivity contribution in [2.45, 2.75) is 20.3 Å². The molecule has 3 heteroatoms. The molecule has 1 aromatic rings. The van der Waals surface area contributed by atoms with E-state index in [2.05, 4.69) is 6.92 Å². The van der Waals surface area contributed by atoms with Crippen LogP contribution < -0.4 is 10.5 Å². The van der Waals surface area contributed by atoms with Crippen molar-refractivity contribution in [2.75, 3.05) is 6.61 Å². The normalized spacial score (nSPS) is 9.86. The van der Waals surface area contributed by atoms with Crippen LogP contribution in [-0.4, -0.2) is 12.4 Å². The number of nitrogens with one attached hydrogen (secondary N) is 1. The van der Waals surface area contributed by atoms with Gasteiger partial charge in [0.15, 0.2) is 0 Å². The Labute approximate surface area is 84.4 Å². The molecular formula is C11H16N2O. The molecule has 0 atom stereocenters. The maximum absolute atomic E-state index is 7.38. The fourth-order valence-corrected chi connectivity index (χ4v) is 1.28. The first kappa shape index (κ1) is 10.6. The second-order valence-corrected chi connectivity index (χ2v) is 3.03. The lowest BCUT2D eigenvalue weighted by Crippen LogP contribution is -2.13. The lowest BCUT2D eigenvalue weighted by Gasteiger charge is -2.10. The molecule has 1 aromatic carbocycles. The van der Waals surface area contributed by atoms with Crippen molar-refractivity contribution in [1.82, 2.24) is 0 Å². The summed E-state index contributed by atoms with van der Waals surface area (Å²) in [5, 5.41) is 7.38. The third-order valence-electron chi connectivity index (χ3n) is 2.04. The molecule has 14 heavy (non-hydrogen) atoms. The van der Waals surface area contributed by atoms with Crippen molar-refractivity contribution in [1.29, 1.82) is 5.41 Å². The number of benzene rings is 1. The Hall–Kier alpha value is -1.51. The third kappa shape index (κ3) is 2.25. The number of hydrogen-bond donors (Lipinski definition) is 2. The van der Waals surface area contributed by atoms with Crippen LogP contribution in [0.3, 0.4) is 0 Å². The average Bonchev–Trinajstić information content (AvgIpc) is 2.17. The van der Waals surface area contributed by atoms with E-state index in [-0.39, 0.29) is 5.84 Å². The molecule has 0 aliphatic rings. The summed E-state index contributed by atoms with van der Waals surface area (Å²) >= 11 is 0. The van der Waals surface area contributed by atoms with Gasteiger partial charge in [-0.3, -0.25) is 5.41 Å². The van der Waals surface area contributed by atoms with E-state index in [9.17, 15) is 0 Å². The number of amidine groups is 1. The van der Waals surface area contributed by atoms with Gasteiger partial charge in [0.1, 0.15) is 11.6 Å². The van der Waals surface area contributed by atoms with E-state index in [1.807, 2.05) is 25.1 Å². The molecule has 0 aliphatic carbocycles. The van der Waals surface area contributed by atoms with Crippen molar-refractivity contribution in [2.24, 2.45) is 5.73 Å². The smallest absolute Gasteiger partial charge is 0.130 e. The van der Waals surface area contributed by atoms with Crippen LogP contribution in [0.4, 0.5) is 0 Å². The monoisotopic (exact) mass is 192 g/mol. The standard InChI is InChI=1S/C11H16N2O/c1-3-8-5-6-9(11(12)13)10(7-8)14-4-2/h5-7H,3-4H2,1-2H3,(H3,12,13). The second-order valence-electron chi connectivity index (χ2n) is 3.03. The van der Waals surface area contributed by atoms with Gasteiger partial charge in [0.05, 0.1) is 12.2 Å². The highest BCUT2D eigenvalue weighted by Crippen LogP contribution is 2.20. The average molecular weight is 192 g/mol. The molecule has 0 aliphatic heterocycles. The molecule has 0 spiro atoms. The van der Waals surface area contributed by atoms with Gasteiger partial charge in [-0.1, -0.05) is 13.0 Å². The topological polar surface area (TPSA) is 59.1 Å². The van der Waals surface area contributed by atoms with E-state index >= 15 is 0 Å². The lowest BCUT2D eigenvalue weighted by molar-refractivity contribution is 0.339.